The van der Waals surface area contributed by atoms with Gasteiger partial charge in [0.2, 0.25) is 5.65 Å². The lowest BCUT2D eigenvalue weighted by Gasteiger charge is -2.36. The van der Waals surface area contributed by atoms with Crippen LogP contribution in [0.3, 0.4) is 0 Å². The topological polar surface area (TPSA) is 68.0 Å². The zero-order valence-electron chi connectivity index (χ0n) is 11.1. The summed E-state index contributed by atoms with van der Waals surface area (Å²) in [5.41, 5.74) is 2.00. The molecule has 6 nitrogen and oxygen atoms in total. The second-order valence-corrected chi connectivity index (χ2v) is 5.72. The average molecular weight is 301 g/mol. The molecule has 0 bridgehead atoms. The quantitative estimate of drug-likeness (QED) is 0.805. The van der Waals surface area contributed by atoms with Crippen LogP contribution >= 0.6 is 11.6 Å². The van der Waals surface area contributed by atoms with E-state index in [9.17, 15) is 0 Å². The van der Waals surface area contributed by atoms with E-state index < -0.39 is 0 Å². The molecule has 1 aromatic carbocycles. The Bertz CT molecular complexity index is 762. The third kappa shape index (κ3) is 2.31. The van der Waals surface area contributed by atoms with Gasteiger partial charge in [-0.3, -0.25) is 0 Å². The van der Waals surface area contributed by atoms with Crippen molar-refractivity contribution in [2.75, 3.05) is 5.32 Å². The lowest BCUT2D eigenvalue weighted by atomic mass is 9.76. The standard InChI is InChI=1S/C14H13ClN6/c15-11-3-1-9(2-4-11)10-7-12(8-10)17-13-14-18-19-20-21(14)6-5-16-13/h1-6,10,12H,7-8H2,(H,16,17). The number of hydrogen-bond donors (Lipinski definition) is 1. The minimum Gasteiger partial charge on any atom is -0.364 e. The van der Waals surface area contributed by atoms with E-state index in [1.165, 1.54) is 5.56 Å². The highest BCUT2D eigenvalue weighted by Gasteiger charge is 2.31. The Hall–Kier alpha value is -2.21. The van der Waals surface area contributed by atoms with Crippen LogP contribution in [0.1, 0.15) is 24.3 Å². The summed E-state index contributed by atoms with van der Waals surface area (Å²) in [4.78, 5) is 4.32. The Balaban J connectivity index is 1.44. The molecule has 106 valence electrons. The van der Waals surface area contributed by atoms with Gasteiger partial charge in [0, 0.05) is 17.3 Å². The number of nitrogens with zero attached hydrogens (tertiary/aromatic N) is 5. The number of benzene rings is 1. The third-order valence-corrected chi connectivity index (χ3v) is 4.19. The van der Waals surface area contributed by atoms with Gasteiger partial charge >= 0.3 is 0 Å². The van der Waals surface area contributed by atoms with Gasteiger partial charge in [0.1, 0.15) is 0 Å². The van der Waals surface area contributed by atoms with Gasteiger partial charge in [-0.25, -0.2) is 4.98 Å². The van der Waals surface area contributed by atoms with Gasteiger partial charge in [0.15, 0.2) is 5.82 Å². The van der Waals surface area contributed by atoms with E-state index in [1.807, 2.05) is 12.1 Å². The lowest BCUT2D eigenvalue weighted by Crippen LogP contribution is -2.34. The number of fused-ring (bicyclic) bond motifs is 1. The maximum absolute atomic E-state index is 5.92. The molecule has 0 atom stereocenters. The van der Waals surface area contributed by atoms with Crippen LogP contribution in [0.4, 0.5) is 5.82 Å². The molecule has 0 amide bonds. The Morgan fingerprint density at radius 3 is 2.81 bits per heavy atom. The van der Waals surface area contributed by atoms with Crippen molar-refractivity contribution in [1.29, 1.82) is 0 Å². The van der Waals surface area contributed by atoms with Crippen molar-refractivity contribution in [2.45, 2.75) is 24.8 Å². The van der Waals surface area contributed by atoms with E-state index >= 15 is 0 Å². The first kappa shape index (κ1) is 12.5. The van der Waals surface area contributed by atoms with Crippen LogP contribution < -0.4 is 5.32 Å². The first-order chi connectivity index (χ1) is 10.3. The van der Waals surface area contributed by atoms with Gasteiger partial charge in [-0.2, -0.15) is 4.52 Å². The molecule has 2 aromatic heterocycles. The Kier molecular flexibility index (Phi) is 2.96. The molecule has 1 aliphatic rings. The smallest absolute Gasteiger partial charge is 0.221 e. The molecule has 7 heteroatoms. The van der Waals surface area contributed by atoms with Gasteiger partial charge in [0.25, 0.3) is 0 Å². The molecule has 1 N–H and O–H groups in total. The lowest BCUT2D eigenvalue weighted by molar-refractivity contribution is 0.373. The summed E-state index contributed by atoms with van der Waals surface area (Å²) in [6, 6.07) is 8.50. The van der Waals surface area contributed by atoms with Crippen molar-refractivity contribution in [2.24, 2.45) is 0 Å². The fourth-order valence-corrected chi connectivity index (χ4v) is 2.84. The number of aromatic nitrogens is 5. The summed E-state index contributed by atoms with van der Waals surface area (Å²) in [6.45, 7) is 0. The van der Waals surface area contributed by atoms with Crippen LogP contribution in [0.15, 0.2) is 36.7 Å². The summed E-state index contributed by atoms with van der Waals surface area (Å²) in [5.74, 6) is 1.32. The molecule has 3 aromatic rings. The number of tetrazole rings is 1. The number of hydrogen-bond acceptors (Lipinski definition) is 5. The minimum absolute atomic E-state index is 0.404. The Morgan fingerprint density at radius 2 is 2.00 bits per heavy atom. The first-order valence-corrected chi connectivity index (χ1v) is 7.22. The predicted molar refractivity (Wildman–Crippen MR) is 79.4 cm³/mol. The largest absolute Gasteiger partial charge is 0.364 e. The molecule has 0 radical (unpaired) electrons. The van der Waals surface area contributed by atoms with Crippen LogP contribution in [0, 0.1) is 0 Å². The zero-order valence-corrected chi connectivity index (χ0v) is 11.9. The minimum atomic E-state index is 0.404. The van der Waals surface area contributed by atoms with E-state index in [-0.39, 0.29) is 0 Å². The highest BCUT2D eigenvalue weighted by Crippen LogP contribution is 2.38. The second kappa shape index (κ2) is 4.96. The summed E-state index contributed by atoms with van der Waals surface area (Å²) >= 11 is 5.92. The van der Waals surface area contributed by atoms with Gasteiger partial charge in [-0.15, -0.1) is 5.10 Å². The van der Waals surface area contributed by atoms with Crippen LogP contribution in [0.25, 0.3) is 5.65 Å². The van der Waals surface area contributed by atoms with E-state index in [0.29, 0.717) is 17.6 Å². The van der Waals surface area contributed by atoms with Crippen LogP contribution in [0.5, 0.6) is 0 Å². The number of rotatable bonds is 3. The number of nitrogens with one attached hydrogen (secondary N) is 1. The van der Waals surface area contributed by atoms with Crippen LogP contribution in [-0.4, -0.2) is 31.1 Å². The van der Waals surface area contributed by atoms with Crippen molar-refractivity contribution in [3.63, 3.8) is 0 Å². The van der Waals surface area contributed by atoms with Gasteiger partial charge in [0.05, 0.1) is 6.20 Å². The van der Waals surface area contributed by atoms with E-state index in [0.717, 1.165) is 23.7 Å². The van der Waals surface area contributed by atoms with Crippen LogP contribution in [-0.2, 0) is 0 Å². The molecular formula is C14H13ClN6. The number of halogens is 1. The molecule has 1 saturated carbocycles. The van der Waals surface area contributed by atoms with Crippen molar-refractivity contribution in [3.8, 4) is 0 Å². The van der Waals surface area contributed by atoms with E-state index in [4.69, 9.17) is 11.6 Å². The van der Waals surface area contributed by atoms with Crippen molar-refractivity contribution in [3.05, 3.63) is 47.2 Å². The van der Waals surface area contributed by atoms with Gasteiger partial charge in [-0.05, 0) is 46.9 Å². The zero-order chi connectivity index (χ0) is 14.2. The maximum Gasteiger partial charge on any atom is 0.221 e. The molecule has 21 heavy (non-hydrogen) atoms. The van der Waals surface area contributed by atoms with E-state index in [2.05, 4.69) is 38.0 Å². The fraction of sp³-hybridized carbons (Fsp3) is 0.286. The van der Waals surface area contributed by atoms with Crippen LogP contribution in [0.2, 0.25) is 5.02 Å². The molecule has 1 aliphatic carbocycles. The molecule has 0 spiro atoms. The first-order valence-electron chi connectivity index (χ1n) is 6.84. The van der Waals surface area contributed by atoms with Crippen molar-refractivity contribution >= 4 is 23.1 Å². The van der Waals surface area contributed by atoms with Gasteiger partial charge < -0.3 is 5.32 Å². The van der Waals surface area contributed by atoms with Crippen molar-refractivity contribution in [1.82, 2.24) is 25.0 Å². The Morgan fingerprint density at radius 1 is 1.19 bits per heavy atom. The molecular weight excluding hydrogens is 288 g/mol. The fourth-order valence-electron chi connectivity index (χ4n) is 2.72. The second-order valence-electron chi connectivity index (χ2n) is 5.28. The molecule has 4 rings (SSSR count). The normalized spacial score (nSPS) is 21.2. The summed E-state index contributed by atoms with van der Waals surface area (Å²) in [5, 5.41) is 15.7. The highest BCUT2D eigenvalue weighted by atomic mass is 35.5. The van der Waals surface area contributed by atoms with E-state index in [1.54, 1.807) is 16.9 Å². The molecule has 2 heterocycles. The summed E-state index contributed by atoms with van der Waals surface area (Å²) in [7, 11) is 0. The van der Waals surface area contributed by atoms with Crippen molar-refractivity contribution < 1.29 is 0 Å². The monoisotopic (exact) mass is 300 g/mol. The van der Waals surface area contributed by atoms with Gasteiger partial charge in [-0.1, -0.05) is 23.7 Å². The highest BCUT2D eigenvalue weighted by molar-refractivity contribution is 6.30. The number of anilines is 1. The third-order valence-electron chi connectivity index (χ3n) is 3.94. The average Bonchev–Trinajstić information content (AvgIpc) is 2.93. The molecule has 0 unspecified atom stereocenters. The SMILES string of the molecule is Clc1ccc(C2CC(Nc3nccn4nnnc34)C2)cc1. The predicted octanol–water partition coefficient (Wildman–Crippen LogP) is 2.53. The maximum atomic E-state index is 5.92. The molecule has 1 fully saturated rings. The molecule has 0 saturated heterocycles. The summed E-state index contributed by atoms with van der Waals surface area (Å²) in [6.07, 6.45) is 5.58. The Labute approximate surface area is 126 Å². The molecule has 0 aliphatic heterocycles. The summed E-state index contributed by atoms with van der Waals surface area (Å²) < 4.78 is 1.62.